The van der Waals surface area contributed by atoms with Crippen LogP contribution in [0.25, 0.3) is 0 Å². The second-order valence-electron chi connectivity index (χ2n) is 4.02. The maximum Gasteiger partial charge on any atom is 0.161 e. The molecule has 1 atom stereocenters. The van der Waals surface area contributed by atoms with Crippen molar-refractivity contribution < 1.29 is 9.47 Å². The van der Waals surface area contributed by atoms with Crippen LogP contribution in [0.2, 0.25) is 0 Å². The fourth-order valence-corrected chi connectivity index (χ4v) is 2.69. The van der Waals surface area contributed by atoms with E-state index in [2.05, 4.69) is 18.4 Å². The summed E-state index contributed by atoms with van der Waals surface area (Å²) in [6.07, 6.45) is 0. The molecule has 2 rings (SSSR count). The Bertz CT molecular complexity index is 536. The maximum absolute atomic E-state index is 6.29. The van der Waals surface area contributed by atoms with Crippen LogP contribution in [0.3, 0.4) is 0 Å². The number of aryl methyl sites for hydroxylation is 1. The van der Waals surface area contributed by atoms with E-state index >= 15 is 0 Å². The second-order valence-corrected chi connectivity index (χ2v) is 5.14. The van der Waals surface area contributed by atoms with Crippen LogP contribution in [-0.4, -0.2) is 14.2 Å². The maximum atomic E-state index is 6.29. The number of methoxy groups -OCH3 is 2. The molecule has 0 spiro atoms. The molecule has 2 N–H and O–H groups in total. The summed E-state index contributed by atoms with van der Waals surface area (Å²) < 4.78 is 10.5. The van der Waals surface area contributed by atoms with Gasteiger partial charge in [0.2, 0.25) is 0 Å². The molecule has 0 saturated carbocycles. The molecule has 1 aromatic carbocycles. The quantitative estimate of drug-likeness (QED) is 0.921. The summed E-state index contributed by atoms with van der Waals surface area (Å²) >= 11 is 1.71. The van der Waals surface area contributed by atoms with Gasteiger partial charge in [0.25, 0.3) is 0 Å². The first-order valence-corrected chi connectivity index (χ1v) is 6.56. The Labute approximate surface area is 111 Å². The summed E-state index contributed by atoms with van der Waals surface area (Å²) in [5.41, 5.74) is 8.47. The number of hydrogen-bond acceptors (Lipinski definition) is 4. The minimum absolute atomic E-state index is 0.129. The van der Waals surface area contributed by atoms with Gasteiger partial charge in [-0.2, -0.15) is 0 Å². The number of rotatable bonds is 4. The zero-order valence-electron chi connectivity index (χ0n) is 10.8. The van der Waals surface area contributed by atoms with E-state index in [9.17, 15) is 0 Å². The number of ether oxygens (including phenoxy) is 2. The highest BCUT2D eigenvalue weighted by molar-refractivity contribution is 7.10. The molecule has 0 aliphatic carbocycles. The van der Waals surface area contributed by atoms with Crippen LogP contribution in [0, 0.1) is 6.92 Å². The highest BCUT2D eigenvalue weighted by Gasteiger charge is 2.14. The lowest BCUT2D eigenvalue weighted by molar-refractivity contribution is 0.354. The molecule has 4 heteroatoms. The van der Waals surface area contributed by atoms with E-state index < -0.39 is 0 Å². The van der Waals surface area contributed by atoms with Gasteiger partial charge >= 0.3 is 0 Å². The van der Waals surface area contributed by atoms with E-state index in [0.717, 1.165) is 16.9 Å². The van der Waals surface area contributed by atoms with Crippen LogP contribution in [0.15, 0.2) is 29.6 Å². The van der Waals surface area contributed by atoms with Crippen molar-refractivity contribution >= 4 is 11.3 Å². The van der Waals surface area contributed by atoms with Crippen molar-refractivity contribution in [3.8, 4) is 11.5 Å². The van der Waals surface area contributed by atoms with E-state index in [1.807, 2.05) is 18.2 Å². The summed E-state index contributed by atoms with van der Waals surface area (Å²) in [4.78, 5) is 1.25. The predicted molar refractivity (Wildman–Crippen MR) is 74.6 cm³/mol. The molecular formula is C14H17NO2S. The molecule has 0 saturated heterocycles. The molecule has 96 valence electrons. The molecule has 1 aromatic heterocycles. The molecule has 0 amide bonds. The monoisotopic (exact) mass is 263 g/mol. The van der Waals surface area contributed by atoms with Crippen LogP contribution >= 0.6 is 11.3 Å². The van der Waals surface area contributed by atoms with Gasteiger partial charge < -0.3 is 15.2 Å². The summed E-state index contributed by atoms with van der Waals surface area (Å²) in [5.74, 6) is 1.42. The first kappa shape index (κ1) is 12.9. The standard InChI is InChI=1S/C14H17NO2S/c1-9-11(6-7-18-9)14(15)10-4-5-12(16-2)13(8-10)17-3/h4-8,14H,15H2,1-3H3. The Morgan fingerprint density at radius 1 is 1.11 bits per heavy atom. The third kappa shape index (κ3) is 2.35. The Kier molecular flexibility index (Phi) is 3.89. The lowest BCUT2D eigenvalue weighted by atomic mass is 10.00. The Morgan fingerprint density at radius 3 is 2.39 bits per heavy atom. The smallest absolute Gasteiger partial charge is 0.161 e. The molecule has 1 heterocycles. The number of hydrogen-bond donors (Lipinski definition) is 1. The van der Waals surface area contributed by atoms with Gasteiger partial charge in [-0.15, -0.1) is 11.3 Å². The van der Waals surface area contributed by atoms with Gasteiger partial charge in [-0.25, -0.2) is 0 Å². The Balaban J connectivity index is 2.37. The zero-order valence-corrected chi connectivity index (χ0v) is 11.6. The Hall–Kier alpha value is -1.52. The molecule has 1 unspecified atom stereocenters. The van der Waals surface area contributed by atoms with E-state index in [4.69, 9.17) is 15.2 Å². The van der Waals surface area contributed by atoms with Crippen molar-refractivity contribution in [2.75, 3.05) is 14.2 Å². The molecular weight excluding hydrogens is 246 g/mol. The van der Waals surface area contributed by atoms with Crippen molar-refractivity contribution in [3.63, 3.8) is 0 Å². The summed E-state index contributed by atoms with van der Waals surface area (Å²) in [7, 11) is 3.25. The van der Waals surface area contributed by atoms with Crippen LogP contribution < -0.4 is 15.2 Å². The fourth-order valence-electron chi connectivity index (χ4n) is 1.94. The van der Waals surface area contributed by atoms with E-state index in [-0.39, 0.29) is 6.04 Å². The zero-order chi connectivity index (χ0) is 13.1. The molecule has 2 aromatic rings. The first-order chi connectivity index (χ1) is 8.67. The third-order valence-electron chi connectivity index (χ3n) is 3.00. The van der Waals surface area contributed by atoms with Crippen molar-refractivity contribution in [1.82, 2.24) is 0 Å². The topological polar surface area (TPSA) is 44.5 Å². The second kappa shape index (κ2) is 5.42. The van der Waals surface area contributed by atoms with Gasteiger partial charge in [0.1, 0.15) is 0 Å². The number of benzene rings is 1. The predicted octanol–water partition coefficient (Wildman–Crippen LogP) is 3.12. The number of nitrogens with two attached hydrogens (primary N) is 1. The van der Waals surface area contributed by atoms with Crippen molar-refractivity contribution in [3.05, 3.63) is 45.6 Å². The molecule has 0 radical (unpaired) electrons. The minimum Gasteiger partial charge on any atom is -0.493 e. The van der Waals surface area contributed by atoms with Crippen LogP contribution in [0.5, 0.6) is 11.5 Å². The van der Waals surface area contributed by atoms with Gasteiger partial charge in [0.15, 0.2) is 11.5 Å². The van der Waals surface area contributed by atoms with Crippen LogP contribution in [0.4, 0.5) is 0 Å². The average molecular weight is 263 g/mol. The fraction of sp³-hybridized carbons (Fsp3) is 0.286. The minimum atomic E-state index is -0.129. The van der Waals surface area contributed by atoms with Gasteiger partial charge in [-0.3, -0.25) is 0 Å². The normalized spacial score (nSPS) is 12.2. The average Bonchev–Trinajstić information content (AvgIpc) is 2.83. The molecule has 0 aliphatic heterocycles. The largest absolute Gasteiger partial charge is 0.493 e. The van der Waals surface area contributed by atoms with E-state index in [1.54, 1.807) is 25.6 Å². The lowest BCUT2D eigenvalue weighted by Crippen LogP contribution is -2.12. The summed E-state index contributed by atoms with van der Waals surface area (Å²) in [6.45, 7) is 2.08. The highest BCUT2D eigenvalue weighted by atomic mass is 32.1. The Morgan fingerprint density at radius 2 is 1.83 bits per heavy atom. The SMILES string of the molecule is COc1ccc(C(N)c2ccsc2C)cc1OC. The van der Waals surface area contributed by atoms with Gasteiger partial charge in [0.05, 0.1) is 20.3 Å². The van der Waals surface area contributed by atoms with Crippen molar-refractivity contribution in [1.29, 1.82) is 0 Å². The molecule has 0 fully saturated rings. The number of thiophene rings is 1. The van der Waals surface area contributed by atoms with Gasteiger partial charge in [-0.05, 0) is 41.6 Å². The highest BCUT2D eigenvalue weighted by Crippen LogP contribution is 2.32. The lowest BCUT2D eigenvalue weighted by Gasteiger charge is -2.15. The molecule has 18 heavy (non-hydrogen) atoms. The molecule has 0 bridgehead atoms. The van der Waals surface area contributed by atoms with Gasteiger partial charge in [0, 0.05) is 4.88 Å². The summed E-state index contributed by atoms with van der Waals surface area (Å²) in [6, 6.07) is 7.73. The van der Waals surface area contributed by atoms with Crippen molar-refractivity contribution in [2.45, 2.75) is 13.0 Å². The van der Waals surface area contributed by atoms with Crippen molar-refractivity contribution in [2.24, 2.45) is 5.73 Å². The third-order valence-corrected chi connectivity index (χ3v) is 3.86. The first-order valence-electron chi connectivity index (χ1n) is 5.69. The van der Waals surface area contributed by atoms with Crippen LogP contribution in [0.1, 0.15) is 22.0 Å². The molecule has 3 nitrogen and oxygen atoms in total. The summed E-state index contributed by atoms with van der Waals surface area (Å²) in [5, 5.41) is 2.06. The van der Waals surface area contributed by atoms with E-state index in [1.165, 1.54) is 4.88 Å². The van der Waals surface area contributed by atoms with E-state index in [0.29, 0.717) is 5.75 Å². The van der Waals surface area contributed by atoms with Gasteiger partial charge in [-0.1, -0.05) is 6.07 Å². The van der Waals surface area contributed by atoms with Crippen LogP contribution in [-0.2, 0) is 0 Å². The molecule has 0 aliphatic rings.